The van der Waals surface area contributed by atoms with E-state index >= 15 is 0 Å². The third kappa shape index (κ3) is 10.4. The topological polar surface area (TPSA) is 97.4 Å². The summed E-state index contributed by atoms with van der Waals surface area (Å²) >= 11 is 1.54. The molecule has 9 heteroatoms. The van der Waals surface area contributed by atoms with Gasteiger partial charge in [-0.2, -0.15) is 0 Å². The molecule has 5 aliphatic rings. The highest BCUT2D eigenvalue weighted by molar-refractivity contribution is 7.99. The number of hydrogen-bond acceptors (Lipinski definition) is 9. The lowest BCUT2D eigenvalue weighted by Gasteiger charge is -2.58. The molecule has 0 amide bonds. The van der Waals surface area contributed by atoms with E-state index in [1.807, 2.05) is 0 Å². The van der Waals surface area contributed by atoms with Crippen LogP contribution in [-0.2, 0) is 38.1 Å². The van der Waals surface area contributed by atoms with Crippen LogP contribution in [0.25, 0.3) is 0 Å². The third-order valence-electron chi connectivity index (χ3n) is 14.2. The maximum Gasteiger partial charge on any atom is 0.303 e. The van der Waals surface area contributed by atoms with Gasteiger partial charge in [0.1, 0.15) is 5.44 Å². The normalized spacial score (nSPS) is 37.2. The van der Waals surface area contributed by atoms with Crippen LogP contribution in [0.2, 0.25) is 0 Å². The second kappa shape index (κ2) is 19.0. The Morgan fingerprint density at radius 1 is 0.830 bits per heavy atom. The molecule has 8 nitrogen and oxygen atoms in total. The van der Waals surface area contributed by atoms with E-state index in [1.165, 1.54) is 85.0 Å². The van der Waals surface area contributed by atoms with Gasteiger partial charge in [-0.25, -0.2) is 0 Å². The molecule has 12 atom stereocenters. The fourth-order valence-electron chi connectivity index (χ4n) is 11.7. The summed E-state index contributed by atoms with van der Waals surface area (Å²) in [4.78, 5) is 35.4. The summed E-state index contributed by atoms with van der Waals surface area (Å²) in [5.41, 5.74) is 2.10. The van der Waals surface area contributed by atoms with E-state index in [-0.39, 0.29) is 6.61 Å². The molecule has 1 saturated heterocycles. The van der Waals surface area contributed by atoms with Crippen LogP contribution < -0.4 is 0 Å². The van der Waals surface area contributed by atoms with Gasteiger partial charge in [0, 0.05) is 27.4 Å². The van der Waals surface area contributed by atoms with Gasteiger partial charge < -0.3 is 23.7 Å². The summed E-state index contributed by atoms with van der Waals surface area (Å²) < 4.78 is 28.8. The number of unbranched alkanes of at least 4 members (excludes halogenated alkanes) is 3. The van der Waals surface area contributed by atoms with Crippen molar-refractivity contribution in [1.29, 1.82) is 0 Å². The van der Waals surface area contributed by atoms with Crippen LogP contribution in [0.3, 0.4) is 0 Å². The molecular formula is C44H72O8S. The molecule has 0 aromatic heterocycles. The Morgan fingerprint density at radius 2 is 1.55 bits per heavy atom. The molecule has 0 aromatic carbocycles. The highest BCUT2D eigenvalue weighted by Gasteiger charge is 2.59. The van der Waals surface area contributed by atoms with Crippen molar-refractivity contribution in [2.45, 2.75) is 182 Å². The lowest BCUT2D eigenvalue weighted by molar-refractivity contribution is -0.213. The van der Waals surface area contributed by atoms with Gasteiger partial charge in [0.05, 0.1) is 12.7 Å². The van der Waals surface area contributed by atoms with E-state index in [0.717, 1.165) is 80.0 Å². The fraction of sp³-hybridized carbons (Fsp3) is 0.886. The summed E-state index contributed by atoms with van der Waals surface area (Å²) in [6.45, 7) is 17.4. The fourth-order valence-corrected chi connectivity index (χ4v) is 12.8. The summed E-state index contributed by atoms with van der Waals surface area (Å²) in [6.07, 6.45) is 19.5. The number of esters is 3. The Labute approximate surface area is 325 Å². The third-order valence-corrected chi connectivity index (χ3v) is 15.5. The zero-order chi connectivity index (χ0) is 38.3. The number of hydrogen-bond donors (Lipinski definition) is 0. The molecule has 3 saturated carbocycles. The van der Waals surface area contributed by atoms with Crippen LogP contribution in [0.15, 0.2) is 11.6 Å². The van der Waals surface area contributed by atoms with Gasteiger partial charge >= 0.3 is 17.9 Å². The summed E-state index contributed by atoms with van der Waals surface area (Å²) in [6, 6.07) is 0. The zero-order valence-corrected chi connectivity index (χ0v) is 35.1. The van der Waals surface area contributed by atoms with Crippen LogP contribution in [-0.4, -0.2) is 66.7 Å². The van der Waals surface area contributed by atoms with Crippen LogP contribution in [0.1, 0.15) is 152 Å². The van der Waals surface area contributed by atoms with Gasteiger partial charge in [0.2, 0.25) is 0 Å². The van der Waals surface area contributed by atoms with Crippen molar-refractivity contribution in [1.82, 2.24) is 0 Å². The average Bonchev–Trinajstić information content (AvgIpc) is 3.44. The highest BCUT2D eigenvalue weighted by atomic mass is 32.2. The Hall–Kier alpha value is -1.58. The first-order valence-corrected chi connectivity index (χ1v) is 22.3. The molecule has 4 aliphatic carbocycles. The highest BCUT2D eigenvalue weighted by Crippen LogP contribution is 2.67. The van der Waals surface area contributed by atoms with Crippen LogP contribution in [0.5, 0.6) is 0 Å². The first kappa shape index (κ1) is 42.6. The minimum atomic E-state index is -0.913. The van der Waals surface area contributed by atoms with Gasteiger partial charge in [-0.15, -0.1) is 11.8 Å². The number of carbonyl (C=O) groups excluding carboxylic acids is 3. The predicted molar refractivity (Wildman–Crippen MR) is 210 cm³/mol. The van der Waals surface area contributed by atoms with Gasteiger partial charge in [-0.1, -0.05) is 78.4 Å². The number of fused-ring (bicyclic) bond motifs is 5. The molecule has 1 heterocycles. The number of allylic oxidation sites excluding steroid dienone is 1. The molecule has 53 heavy (non-hydrogen) atoms. The number of rotatable bonds is 17. The van der Waals surface area contributed by atoms with Crippen molar-refractivity contribution in [2.24, 2.45) is 46.3 Å². The molecule has 0 radical (unpaired) electrons. The number of carbonyl (C=O) groups is 3. The molecule has 5 rings (SSSR count). The van der Waals surface area contributed by atoms with Crippen molar-refractivity contribution in [3.8, 4) is 0 Å². The maximum absolute atomic E-state index is 11.9. The largest absolute Gasteiger partial charge is 0.456 e. The molecule has 4 fully saturated rings. The van der Waals surface area contributed by atoms with E-state index < -0.39 is 41.7 Å². The second-order valence-electron chi connectivity index (χ2n) is 18.3. The van der Waals surface area contributed by atoms with Crippen molar-refractivity contribution in [2.75, 3.05) is 19.0 Å². The summed E-state index contributed by atoms with van der Waals surface area (Å²) in [5.74, 6) is 4.48. The predicted octanol–water partition coefficient (Wildman–Crippen LogP) is 9.86. The molecule has 0 spiro atoms. The molecule has 1 aliphatic heterocycles. The van der Waals surface area contributed by atoms with Crippen LogP contribution >= 0.6 is 11.8 Å². The monoisotopic (exact) mass is 760 g/mol. The first-order chi connectivity index (χ1) is 25.2. The Balaban J connectivity index is 1.02. The molecule has 0 N–H and O–H groups in total. The minimum Gasteiger partial charge on any atom is -0.456 e. The van der Waals surface area contributed by atoms with Gasteiger partial charge in [-0.05, 0) is 116 Å². The molecule has 302 valence electrons. The van der Waals surface area contributed by atoms with Crippen molar-refractivity contribution < 1.29 is 38.1 Å². The summed E-state index contributed by atoms with van der Waals surface area (Å²) in [7, 11) is 0. The minimum absolute atomic E-state index is 0.0707. The summed E-state index contributed by atoms with van der Waals surface area (Å²) in [5, 5.41) is 0. The molecule has 3 unspecified atom stereocenters. The Kier molecular flexibility index (Phi) is 15.3. The SMILES string of the molecule is CC(=O)O[C@@H]1[C@@H](OC(C)=O)[C@H](SCCCCCCO[C@H]2CC[C@@]3(C)C(=CCC4C3CC[C@@]3(C)C4CC[C@@H]3[C@H](C)CCCC(C)C)C2)OC[C@@H]1OC(C)=O. The standard InChI is InChI=1S/C44H72O8S/c1-28(2)14-13-15-29(3)36-18-19-37-35-17-16-33-26-34(20-22-43(33,7)38(35)21-23-44(36,37)8)48-24-11-9-10-12-25-53-42-41(52-32(6)47)40(51-31(5)46)39(27-49-42)50-30(4)45/h16,28-29,34-42H,9-15,17-27H2,1-8H3/t29-,34+,35?,36-,37?,38?,39+,40+,41-,42+,43+,44-/m1/s1. The lowest BCUT2D eigenvalue weighted by atomic mass is 9.47. The van der Waals surface area contributed by atoms with E-state index in [4.69, 9.17) is 23.7 Å². The number of ether oxygens (including phenoxy) is 5. The van der Waals surface area contributed by atoms with Gasteiger partial charge in [0.25, 0.3) is 0 Å². The zero-order valence-electron chi connectivity index (χ0n) is 34.3. The van der Waals surface area contributed by atoms with Crippen molar-refractivity contribution >= 4 is 29.7 Å². The van der Waals surface area contributed by atoms with E-state index in [1.54, 1.807) is 17.3 Å². The van der Waals surface area contributed by atoms with Crippen LogP contribution in [0, 0.1) is 46.3 Å². The quantitative estimate of drug-likeness (QED) is 0.0621. The Morgan fingerprint density at radius 3 is 2.26 bits per heavy atom. The molecule has 0 bridgehead atoms. The van der Waals surface area contributed by atoms with Crippen molar-refractivity contribution in [3.05, 3.63) is 11.6 Å². The maximum atomic E-state index is 11.9. The van der Waals surface area contributed by atoms with Gasteiger partial charge in [-0.3, -0.25) is 14.4 Å². The average molecular weight is 761 g/mol. The van der Waals surface area contributed by atoms with Gasteiger partial charge in [0.15, 0.2) is 18.3 Å². The second-order valence-corrected chi connectivity index (χ2v) is 19.5. The van der Waals surface area contributed by atoms with E-state index in [0.29, 0.717) is 16.9 Å². The Bertz CT molecular complexity index is 1270. The number of thioether (sulfide) groups is 1. The van der Waals surface area contributed by atoms with Crippen LogP contribution in [0.4, 0.5) is 0 Å². The smallest absolute Gasteiger partial charge is 0.303 e. The molecule has 0 aromatic rings. The molecular weight excluding hydrogens is 689 g/mol. The lowest BCUT2D eigenvalue weighted by Crippen LogP contribution is -2.56. The van der Waals surface area contributed by atoms with E-state index in [9.17, 15) is 14.4 Å². The first-order valence-electron chi connectivity index (χ1n) is 21.3. The van der Waals surface area contributed by atoms with Crippen molar-refractivity contribution in [3.63, 3.8) is 0 Å². The van der Waals surface area contributed by atoms with E-state index in [2.05, 4.69) is 40.7 Å².